The van der Waals surface area contributed by atoms with E-state index in [0.717, 1.165) is 66.9 Å². The van der Waals surface area contributed by atoms with E-state index in [4.69, 9.17) is 15.0 Å². The van der Waals surface area contributed by atoms with Crippen molar-refractivity contribution in [2.75, 3.05) is 0 Å². The third-order valence-corrected chi connectivity index (χ3v) is 24.4. The molecule has 0 bridgehead atoms. The van der Waals surface area contributed by atoms with Crippen LogP contribution in [0, 0.1) is 0 Å². The maximum absolute atomic E-state index is 5.37. The van der Waals surface area contributed by atoms with Crippen molar-refractivity contribution < 1.29 is 0 Å². The summed E-state index contributed by atoms with van der Waals surface area (Å²) in [4.78, 5) is 16.1. The molecule has 7 aromatic heterocycles. The Hall–Kier alpha value is -12.6. The van der Waals surface area contributed by atoms with Gasteiger partial charge in [0.25, 0.3) is 0 Å². The standard InChI is InChI=1S/C93H54N6S3/c1-7-19-79-67(13-1)73-49-58(61-34-46-88-76(52-61)70-16-4-10-22-85(70)100-88)31-43-82(73)97(79)64-37-25-55(26-38-64)91-94-92(56-27-39-65(40-28-56)98-80-20-8-2-14-68(80)74-50-59(32-44-83(74)98)62-35-47-89-77(53-62)71-17-5-11-23-86(71)101-89)96-93(95-91)57-29-41-66(42-30-57)99-81-21-9-3-15-69(81)75-51-60(33-45-84(75)99)63-36-48-90-78(54-63)72-18-6-12-24-87(72)102-90/h1-54H. The quantitative estimate of drug-likeness (QED) is 0.145. The zero-order valence-corrected chi connectivity index (χ0v) is 57.0. The number of para-hydroxylation sites is 3. The van der Waals surface area contributed by atoms with Gasteiger partial charge in [-0.15, -0.1) is 34.0 Å². The number of fused-ring (bicyclic) bond motifs is 18. The minimum Gasteiger partial charge on any atom is -0.309 e. The first kappa shape index (κ1) is 57.3. The fourth-order valence-electron chi connectivity index (χ4n) is 16.1. The molecule has 22 rings (SSSR count). The Balaban J connectivity index is 0.641. The molecule has 0 radical (unpaired) electrons. The fraction of sp³-hybridized carbons (Fsp3) is 0. The summed E-state index contributed by atoms with van der Waals surface area (Å²) in [6.45, 7) is 0. The minimum atomic E-state index is 0.589. The van der Waals surface area contributed by atoms with Crippen LogP contribution in [0.3, 0.4) is 0 Å². The second-order valence-corrected chi connectivity index (χ2v) is 29.9. The van der Waals surface area contributed by atoms with E-state index in [1.54, 1.807) is 0 Å². The van der Waals surface area contributed by atoms with Crippen LogP contribution in [-0.4, -0.2) is 28.7 Å². The van der Waals surface area contributed by atoms with Gasteiger partial charge in [0, 0.05) is 127 Å². The van der Waals surface area contributed by atoms with E-state index in [2.05, 4.69) is 341 Å². The lowest BCUT2D eigenvalue weighted by atomic mass is 10.0. The van der Waals surface area contributed by atoms with Gasteiger partial charge in [0.15, 0.2) is 17.5 Å². The number of hydrogen-bond donors (Lipinski definition) is 0. The zero-order chi connectivity index (χ0) is 66.7. The van der Waals surface area contributed by atoms with E-state index in [9.17, 15) is 0 Å². The largest absolute Gasteiger partial charge is 0.309 e. The Labute approximate surface area is 596 Å². The smallest absolute Gasteiger partial charge is 0.164 e. The molecule has 0 aliphatic rings. The summed E-state index contributed by atoms with van der Waals surface area (Å²) in [7, 11) is 0. The van der Waals surface area contributed by atoms with Gasteiger partial charge in [-0.3, -0.25) is 0 Å². The fourth-order valence-corrected chi connectivity index (χ4v) is 19.3. The van der Waals surface area contributed by atoms with Crippen LogP contribution in [0.4, 0.5) is 0 Å². The lowest BCUT2D eigenvalue weighted by Gasteiger charge is -2.13. The normalized spacial score (nSPS) is 12.1. The van der Waals surface area contributed by atoms with Gasteiger partial charge < -0.3 is 13.7 Å². The van der Waals surface area contributed by atoms with E-state index >= 15 is 0 Å². The van der Waals surface area contributed by atoms with Crippen molar-refractivity contribution in [2.45, 2.75) is 0 Å². The maximum atomic E-state index is 5.37. The molecule has 0 saturated heterocycles. The molecule has 0 spiro atoms. The first-order valence-corrected chi connectivity index (χ1v) is 36.9. The number of thiophene rings is 3. The van der Waals surface area contributed by atoms with Gasteiger partial charge in [-0.1, -0.05) is 146 Å². The van der Waals surface area contributed by atoms with E-state index in [0.29, 0.717) is 17.5 Å². The first-order chi connectivity index (χ1) is 50.5. The molecule has 0 atom stereocenters. The lowest BCUT2D eigenvalue weighted by molar-refractivity contribution is 1.07. The molecule has 102 heavy (non-hydrogen) atoms. The van der Waals surface area contributed by atoms with Gasteiger partial charge >= 0.3 is 0 Å². The van der Waals surface area contributed by atoms with Crippen LogP contribution in [0.25, 0.3) is 211 Å². The lowest BCUT2D eigenvalue weighted by Crippen LogP contribution is -2.01. The average Bonchev–Trinajstić information content (AvgIpc) is 1.59. The number of benzene rings is 15. The minimum absolute atomic E-state index is 0.589. The molecule has 22 aromatic rings. The molecule has 0 amide bonds. The molecular formula is C93H54N6S3. The van der Waals surface area contributed by atoms with Crippen LogP contribution >= 0.6 is 34.0 Å². The second-order valence-electron chi connectivity index (χ2n) is 26.6. The molecule has 0 unspecified atom stereocenters. The van der Waals surface area contributed by atoms with Gasteiger partial charge in [0.05, 0.1) is 33.1 Å². The van der Waals surface area contributed by atoms with E-state index in [-0.39, 0.29) is 0 Å². The highest BCUT2D eigenvalue weighted by Crippen LogP contribution is 2.44. The van der Waals surface area contributed by atoms with Crippen LogP contribution in [0.15, 0.2) is 328 Å². The summed E-state index contributed by atoms with van der Waals surface area (Å²) in [6.07, 6.45) is 0. The van der Waals surface area contributed by atoms with Crippen LogP contribution in [0.2, 0.25) is 0 Å². The van der Waals surface area contributed by atoms with Crippen LogP contribution in [0.5, 0.6) is 0 Å². The summed E-state index contributed by atoms with van der Waals surface area (Å²) >= 11 is 5.56. The Morgan fingerprint density at radius 1 is 0.167 bits per heavy atom. The third-order valence-electron chi connectivity index (χ3n) is 20.9. The highest BCUT2D eigenvalue weighted by Gasteiger charge is 2.21. The average molecular weight is 1350 g/mol. The van der Waals surface area contributed by atoms with Crippen LogP contribution in [-0.2, 0) is 0 Å². The number of hydrogen-bond acceptors (Lipinski definition) is 6. The number of rotatable bonds is 9. The number of aromatic nitrogens is 6. The molecule has 9 heteroatoms. The third kappa shape index (κ3) is 8.98. The van der Waals surface area contributed by atoms with Crippen molar-refractivity contribution in [1.82, 2.24) is 28.7 Å². The highest BCUT2D eigenvalue weighted by atomic mass is 32.1. The number of nitrogens with zero attached hydrogens (tertiary/aromatic N) is 6. The van der Waals surface area contributed by atoms with E-state index in [1.165, 1.54) is 126 Å². The van der Waals surface area contributed by atoms with Gasteiger partial charge in [0.1, 0.15) is 0 Å². The summed E-state index contributed by atoms with van der Waals surface area (Å²) in [6, 6.07) is 120. The first-order valence-electron chi connectivity index (χ1n) is 34.4. The summed E-state index contributed by atoms with van der Waals surface area (Å²) in [5, 5.41) is 15.1. The second kappa shape index (κ2) is 22.4. The van der Waals surface area contributed by atoms with Crippen LogP contribution < -0.4 is 0 Å². The summed E-state index contributed by atoms with van der Waals surface area (Å²) < 4.78 is 15.0. The predicted octanol–water partition coefficient (Wildman–Crippen LogP) is 26.3. The zero-order valence-electron chi connectivity index (χ0n) is 54.6. The van der Waals surface area contributed by atoms with Crippen molar-refractivity contribution in [1.29, 1.82) is 0 Å². The maximum Gasteiger partial charge on any atom is 0.164 e. The molecule has 0 aliphatic carbocycles. The Morgan fingerprint density at radius 3 is 0.676 bits per heavy atom. The molecule has 6 nitrogen and oxygen atoms in total. The Bertz CT molecular complexity index is 6550. The van der Waals surface area contributed by atoms with Gasteiger partial charge in [-0.2, -0.15) is 0 Å². The molecule has 0 N–H and O–H groups in total. The summed E-state index contributed by atoms with van der Waals surface area (Å²) in [5.74, 6) is 1.77. The van der Waals surface area contributed by atoms with E-state index < -0.39 is 0 Å². The SMILES string of the molecule is c1ccc2c(c1)sc1ccc(-c3ccc4c(c3)c3ccccc3n4-c3ccc(-c4nc(-c5ccc(-n6c7ccccc7c7cc(-c8ccc9sc%10ccccc%10c9c8)ccc76)cc5)nc(-c5ccc(-n6c7ccccc7c7cc(-c8ccc9sc%10ccccc%10c9c8)ccc76)cc5)n4)cc3)cc12. The molecule has 15 aromatic carbocycles. The van der Waals surface area contributed by atoms with Gasteiger partial charge in [-0.05, 0) is 215 Å². The topological polar surface area (TPSA) is 53.5 Å². The molecule has 0 aliphatic heterocycles. The van der Waals surface area contributed by atoms with Crippen molar-refractivity contribution in [2.24, 2.45) is 0 Å². The molecule has 7 heterocycles. The van der Waals surface area contributed by atoms with Gasteiger partial charge in [-0.25, -0.2) is 15.0 Å². The summed E-state index contributed by atoms with van der Waals surface area (Å²) in [5.41, 5.74) is 19.9. The van der Waals surface area contributed by atoms with Crippen molar-refractivity contribution in [3.8, 4) is 84.6 Å². The molecule has 474 valence electrons. The van der Waals surface area contributed by atoms with Crippen molar-refractivity contribution >= 4 is 160 Å². The molecule has 0 saturated carbocycles. The van der Waals surface area contributed by atoms with Gasteiger partial charge in [0.2, 0.25) is 0 Å². The Kier molecular flexibility index (Phi) is 12.6. The van der Waals surface area contributed by atoms with Crippen LogP contribution in [0.1, 0.15) is 0 Å². The van der Waals surface area contributed by atoms with Crippen molar-refractivity contribution in [3.63, 3.8) is 0 Å². The molecule has 0 fully saturated rings. The molecular weight excluding hydrogens is 1300 g/mol. The van der Waals surface area contributed by atoms with Crippen molar-refractivity contribution in [3.05, 3.63) is 328 Å². The Morgan fingerprint density at radius 2 is 0.382 bits per heavy atom. The monoisotopic (exact) mass is 1350 g/mol. The van der Waals surface area contributed by atoms with E-state index in [1.807, 2.05) is 34.0 Å². The predicted molar refractivity (Wildman–Crippen MR) is 434 cm³/mol. The highest BCUT2D eigenvalue weighted by molar-refractivity contribution is 7.26.